The van der Waals surface area contributed by atoms with Crippen LogP contribution < -0.4 is 4.74 Å². The molecule has 9 nitrogen and oxygen atoms in total. The average Bonchev–Trinajstić information content (AvgIpc) is 2.47. The number of hydrogen-bond acceptors (Lipinski definition) is 6. The van der Waals surface area contributed by atoms with E-state index in [4.69, 9.17) is 10.3 Å². The molecule has 0 spiro atoms. The lowest BCUT2D eigenvalue weighted by atomic mass is 10.0. The number of nitrogens with zero attached hydrogens (tertiary/aromatic N) is 4. The monoisotopic (exact) mass is 296 g/mol. The van der Waals surface area contributed by atoms with E-state index in [1.54, 1.807) is 6.92 Å². The minimum Gasteiger partial charge on any atom is -0.493 e. The van der Waals surface area contributed by atoms with E-state index in [-0.39, 0.29) is 30.0 Å². The highest BCUT2D eigenvalue weighted by atomic mass is 16.6. The van der Waals surface area contributed by atoms with Gasteiger partial charge in [-0.15, -0.1) is 0 Å². The summed E-state index contributed by atoms with van der Waals surface area (Å²) in [5.74, 6) is 0.262. The van der Waals surface area contributed by atoms with Crippen LogP contribution in [0.5, 0.6) is 5.75 Å². The van der Waals surface area contributed by atoms with Crippen LogP contribution in [0.2, 0.25) is 0 Å². The normalized spacial score (nSPS) is 13.1. The molecule has 0 radical (unpaired) electrons. The first-order valence-electron chi connectivity index (χ1n) is 6.29. The zero-order chi connectivity index (χ0) is 15.8. The maximum atomic E-state index is 10.8. The van der Waals surface area contributed by atoms with Crippen molar-refractivity contribution in [3.05, 3.63) is 44.3 Å². The van der Waals surface area contributed by atoms with Gasteiger partial charge in [0.1, 0.15) is 11.9 Å². The van der Waals surface area contributed by atoms with E-state index in [0.717, 1.165) is 6.07 Å². The molecule has 0 aliphatic rings. The molecule has 21 heavy (non-hydrogen) atoms. The van der Waals surface area contributed by atoms with Crippen LogP contribution in [-0.2, 0) is 0 Å². The lowest BCUT2D eigenvalue weighted by Gasteiger charge is -2.20. The predicted octanol–water partition coefficient (Wildman–Crippen LogP) is 2.09. The van der Waals surface area contributed by atoms with Crippen molar-refractivity contribution in [2.75, 3.05) is 13.2 Å². The van der Waals surface area contributed by atoms with Gasteiger partial charge in [-0.3, -0.25) is 10.1 Å². The van der Waals surface area contributed by atoms with Gasteiger partial charge >= 0.3 is 0 Å². The molecule has 0 fully saturated rings. The molecule has 114 valence electrons. The molecule has 2 atom stereocenters. The summed E-state index contributed by atoms with van der Waals surface area (Å²) in [6.45, 7) is 2.05. The maximum Gasteiger partial charge on any atom is 0.270 e. The van der Waals surface area contributed by atoms with Crippen LogP contribution in [0.4, 0.5) is 5.69 Å². The third-order valence-corrected chi connectivity index (χ3v) is 2.78. The molecule has 9 heteroatoms. The van der Waals surface area contributed by atoms with Crippen molar-refractivity contribution in [3.63, 3.8) is 0 Å². The topological polar surface area (TPSA) is 142 Å². The Morgan fingerprint density at radius 1 is 1.52 bits per heavy atom. The minimum atomic E-state index is -1.37. The number of nitro groups is 1. The molecule has 0 amide bonds. The van der Waals surface area contributed by atoms with Crippen molar-refractivity contribution in [2.45, 2.75) is 25.6 Å². The van der Waals surface area contributed by atoms with Crippen molar-refractivity contribution in [3.8, 4) is 5.75 Å². The largest absolute Gasteiger partial charge is 0.493 e. The number of rotatable bonds is 8. The number of nitro benzene ring substituents is 1. The van der Waals surface area contributed by atoms with Crippen LogP contribution in [-0.4, -0.2) is 34.4 Å². The Labute approximate surface area is 120 Å². The Balaban J connectivity index is 3.02. The Morgan fingerprint density at radius 2 is 2.24 bits per heavy atom. The van der Waals surface area contributed by atoms with Crippen molar-refractivity contribution in [2.24, 2.45) is 5.11 Å². The Bertz CT molecular complexity index is 544. The summed E-state index contributed by atoms with van der Waals surface area (Å²) < 4.78 is 5.29. The first kappa shape index (κ1) is 16.7. The molecular weight excluding hydrogens is 280 g/mol. The zero-order valence-corrected chi connectivity index (χ0v) is 11.4. The molecule has 1 rings (SSSR count). The molecule has 0 aliphatic carbocycles. The van der Waals surface area contributed by atoms with E-state index in [2.05, 4.69) is 10.0 Å². The van der Waals surface area contributed by atoms with Gasteiger partial charge in [0.15, 0.2) is 0 Å². The second-order valence-corrected chi connectivity index (χ2v) is 4.17. The number of ether oxygens (including phenoxy) is 1. The number of hydrogen-bond donors (Lipinski definition) is 2. The highest BCUT2D eigenvalue weighted by Gasteiger charge is 2.24. The summed E-state index contributed by atoms with van der Waals surface area (Å²) in [5, 5.41) is 34.0. The standard InChI is InChI=1S/C12H16N4O5/c1-2-21-11-4-3-8(16(19)20)7-9(11)12(18)10(17)5-6-14-15-13/h3-4,7,10,12,17-18H,2,5-6H2,1H3. The molecule has 0 aromatic heterocycles. The molecule has 1 aromatic rings. The van der Waals surface area contributed by atoms with Crippen LogP contribution in [0.15, 0.2) is 23.3 Å². The summed E-state index contributed by atoms with van der Waals surface area (Å²) in [7, 11) is 0. The molecule has 0 saturated carbocycles. The number of aliphatic hydroxyl groups is 2. The van der Waals surface area contributed by atoms with Gasteiger partial charge in [0.05, 0.1) is 17.6 Å². The van der Waals surface area contributed by atoms with Gasteiger partial charge in [-0.1, -0.05) is 5.11 Å². The third kappa shape index (κ3) is 4.60. The fraction of sp³-hybridized carbons (Fsp3) is 0.500. The first-order valence-corrected chi connectivity index (χ1v) is 6.29. The third-order valence-electron chi connectivity index (χ3n) is 2.78. The summed E-state index contributed by atoms with van der Waals surface area (Å²) >= 11 is 0. The smallest absolute Gasteiger partial charge is 0.270 e. The van der Waals surface area contributed by atoms with E-state index >= 15 is 0 Å². The summed E-state index contributed by atoms with van der Waals surface area (Å²) in [6, 6.07) is 3.79. The molecule has 2 unspecified atom stereocenters. The van der Waals surface area contributed by atoms with E-state index in [1.165, 1.54) is 12.1 Å². The van der Waals surface area contributed by atoms with E-state index in [1.807, 2.05) is 0 Å². The summed E-state index contributed by atoms with van der Waals surface area (Å²) in [4.78, 5) is 12.7. The number of aliphatic hydroxyl groups excluding tert-OH is 2. The van der Waals surface area contributed by atoms with Gasteiger partial charge in [0.2, 0.25) is 0 Å². The molecule has 1 aromatic carbocycles. The Kier molecular flexibility index (Phi) is 6.41. The fourth-order valence-corrected chi connectivity index (χ4v) is 1.77. The second kappa shape index (κ2) is 8.05. The van der Waals surface area contributed by atoms with Gasteiger partial charge in [-0.2, -0.15) is 0 Å². The predicted molar refractivity (Wildman–Crippen MR) is 73.9 cm³/mol. The number of benzene rings is 1. The van der Waals surface area contributed by atoms with Crippen LogP contribution in [0.3, 0.4) is 0 Å². The lowest BCUT2D eigenvalue weighted by molar-refractivity contribution is -0.385. The van der Waals surface area contributed by atoms with Crippen LogP contribution in [0, 0.1) is 10.1 Å². The molecular formula is C12H16N4O5. The van der Waals surface area contributed by atoms with Gasteiger partial charge in [0.25, 0.3) is 5.69 Å². The van der Waals surface area contributed by atoms with E-state index in [0.29, 0.717) is 6.61 Å². The van der Waals surface area contributed by atoms with Gasteiger partial charge < -0.3 is 14.9 Å². The lowest BCUT2D eigenvalue weighted by Crippen LogP contribution is -2.20. The fourth-order valence-electron chi connectivity index (χ4n) is 1.77. The van der Waals surface area contributed by atoms with Gasteiger partial charge in [-0.25, -0.2) is 0 Å². The van der Waals surface area contributed by atoms with Crippen molar-refractivity contribution >= 4 is 5.69 Å². The van der Waals surface area contributed by atoms with Gasteiger partial charge in [-0.05, 0) is 24.9 Å². The number of azide groups is 1. The Morgan fingerprint density at radius 3 is 2.81 bits per heavy atom. The highest BCUT2D eigenvalue weighted by molar-refractivity contribution is 5.45. The summed E-state index contributed by atoms with van der Waals surface area (Å²) in [6.07, 6.45) is -2.57. The van der Waals surface area contributed by atoms with E-state index < -0.39 is 17.1 Å². The molecule has 0 aliphatic heterocycles. The van der Waals surface area contributed by atoms with Crippen molar-refractivity contribution in [1.29, 1.82) is 0 Å². The Hall–Kier alpha value is -2.35. The maximum absolute atomic E-state index is 10.8. The molecule has 0 saturated heterocycles. The van der Waals surface area contributed by atoms with E-state index in [9.17, 15) is 20.3 Å². The van der Waals surface area contributed by atoms with Crippen LogP contribution in [0.1, 0.15) is 25.0 Å². The van der Waals surface area contributed by atoms with Gasteiger partial charge in [0, 0.05) is 29.2 Å². The molecule has 2 N–H and O–H groups in total. The van der Waals surface area contributed by atoms with Crippen LogP contribution in [0.25, 0.3) is 10.4 Å². The minimum absolute atomic E-state index is 0.00756. The second-order valence-electron chi connectivity index (χ2n) is 4.17. The quantitative estimate of drug-likeness (QED) is 0.248. The first-order chi connectivity index (χ1) is 10.0. The molecule has 0 bridgehead atoms. The zero-order valence-electron chi connectivity index (χ0n) is 11.4. The highest BCUT2D eigenvalue weighted by Crippen LogP contribution is 2.32. The van der Waals surface area contributed by atoms with Crippen molar-refractivity contribution in [1.82, 2.24) is 0 Å². The van der Waals surface area contributed by atoms with Crippen molar-refractivity contribution < 1.29 is 19.9 Å². The summed E-state index contributed by atoms with van der Waals surface area (Å²) in [5.41, 5.74) is 8.08. The SMILES string of the molecule is CCOc1ccc([N+](=O)[O-])cc1C(O)C(O)CCN=[N+]=[N-]. The molecule has 0 heterocycles. The average molecular weight is 296 g/mol. The number of non-ortho nitro benzene ring substituents is 1. The van der Waals surface area contributed by atoms with Crippen LogP contribution >= 0.6 is 0 Å².